The largest absolute Gasteiger partial charge is 0.300 e. The first kappa shape index (κ1) is 11.9. The molecule has 0 unspecified atom stereocenters. The number of rotatable bonds is 3. The maximum Gasteiger partial charge on any atom is 0.211 e. The molecule has 0 amide bonds. The van der Waals surface area contributed by atoms with Crippen molar-refractivity contribution in [3.63, 3.8) is 0 Å². The van der Waals surface area contributed by atoms with Crippen LogP contribution in [-0.4, -0.2) is 56.6 Å². The van der Waals surface area contributed by atoms with E-state index in [9.17, 15) is 8.42 Å². The molecule has 1 aliphatic heterocycles. The second-order valence-electron chi connectivity index (χ2n) is 4.36. The highest BCUT2D eigenvalue weighted by Crippen LogP contribution is 2.07. The SMILES string of the molecule is CC(C)CN1CCN(S(C)(=O)=O)CC1. The average molecular weight is 220 g/mol. The molecular weight excluding hydrogens is 200 g/mol. The van der Waals surface area contributed by atoms with Crippen LogP contribution in [0.2, 0.25) is 0 Å². The molecule has 1 heterocycles. The van der Waals surface area contributed by atoms with E-state index in [2.05, 4.69) is 18.7 Å². The third kappa shape index (κ3) is 3.55. The Bertz CT molecular complexity index is 267. The first-order valence-corrected chi connectivity index (χ1v) is 6.92. The third-order valence-electron chi connectivity index (χ3n) is 2.42. The summed E-state index contributed by atoms with van der Waals surface area (Å²) in [6.07, 6.45) is 1.28. The summed E-state index contributed by atoms with van der Waals surface area (Å²) in [7, 11) is -2.97. The van der Waals surface area contributed by atoms with Gasteiger partial charge in [-0.05, 0) is 5.92 Å². The van der Waals surface area contributed by atoms with Crippen molar-refractivity contribution in [1.29, 1.82) is 0 Å². The molecule has 0 aliphatic carbocycles. The highest BCUT2D eigenvalue weighted by molar-refractivity contribution is 7.88. The van der Waals surface area contributed by atoms with Crippen molar-refractivity contribution >= 4 is 10.0 Å². The van der Waals surface area contributed by atoms with Gasteiger partial charge in [-0.25, -0.2) is 8.42 Å². The van der Waals surface area contributed by atoms with Crippen molar-refractivity contribution < 1.29 is 8.42 Å². The molecule has 0 N–H and O–H groups in total. The van der Waals surface area contributed by atoms with Crippen LogP contribution in [0.15, 0.2) is 0 Å². The molecule has 5 heteroatoms. The summed E-state index contributed by atoms with van der Waals surface area (Å²) in [5, 5.41) is 0. The smallest absolute Gasteiger partial charge is 0.211 e. The maximum atomic E-state index is 11.2. The molecule has 1 saturated heterocycles. The molecule has 1 rings (SSSR count). The second kappa shape index (κ2) is 4.59. The van der Waals surface area contributed by atoms with Crippen molar-refractivity contribution in [1.82, 2.24) is 9.21 Å². The summed E-state index contributed by atoms with van der Waals surface area (Å²) in [5.74, 6) is 0.653. The normalized spacial score (nSPS) is 21.7. The topological polar surface area (TPSA) is 40.6 Å². The molecule has 0 saturated carbocycles. The molecule has 0 radical (unpaired) electrons. The van der Waals surface area contributed by atoms with Gasteiger partial charge in [-0.15, -0.1) is 0 Å². The molecule has 0 aromatic heterocycles. The van der Waals surface area contributed by atoms with Gasteiger partial charge in [0.1, 0.15) is 0 Å². The summed E-state index contributed by atoms with van der Waals surface area (Å²) in [4.78, 5) is 2.33. The van der Waals surface area contributed by atoms with Gasteiger partial charge in [0.2, 0.25) is 10.0 Å². The lowest BCUT2D eigenvalue weighted by atomic mass is 10.2. The lowest BCUT2D eigenvalue weighted by molar-refractivity contribution is 0.172. The average Bonchev–Trinajstić information content (AvgIpc) is 2.02. The number of nitrogens with zero attached hydrogens (tertiary/aromatic N) is 2. The molecule has 1 aliphatic rings. The van der Waals surface area contributed by atoms with E-state index in [0.29, 0.717) is 19.0 Å². The summed E-state index contributed by atoms with van der Waals surface area (Å²) in [5.41, 5.74) is 0. The molecular formula is C9H20N2O2S. The minimum absolute atomic E-state index is 0.644. The Labute approximate surface area is 86.9 Å². The molecule has 4 nitrogen and oxygen atoms in total. The van der Waals surface area contributed by atoms with Crippen LogP contribution in [-0.2, 0) is 10.0 Å². The first-order chi connectivity index (χ1) is 6.39. The van der Waals surface area contributed by atoms with E-state index in [1.165, 1.54) is 6.26 Å². The Hall–Kier alpha value is -0.130. The van der Waals surface area contributed by atoms with Gasteiger partial charge in [0.05, 0.1) is 6.26 Å². The van der Waals surface area contributed by atoms with Gasteiger partial charge in [0.25, 0.3) is 0 Å². The first-order valence-electron chi connectivity index (χ1n) is 5.07. The Morgan fingerprint density at radius 3 is 2.00 bits per heavy atom. The van der Waals surface area contributed by atoms with Crippen LogP contribution in [0.4, 0.5) is 0 Å². The van der Waals surface area contributed by atoms with Gasteiger partial charge in [-0.3, -0.25) is 0 Å². The van der Waals surface area contributed by atoms with Crippen molar-refractivity contribution in [3.05, 3.63) is 0 Å². The lowest BCUT2D eigenvalue weighted by Crippen LogP contribution is -2.49. The van der Waals surface area contributed by atoms with Gasteiger partial charge in [-0.1, -0.05) is 13.8 Å². The fraction of sp³-hybridized carbons (Fsp3) is 1.00. The van der Waals surface area contributed by atoms with Gasteiger partial charge in [0.15, 0.2) is 0 Å². The van der Waals surface area contributed by atoms with Crippen molar-refractivity contribution in [2.45, 2.75) is 13.8 Å². The van der Waals surface area contributed by atoms with E-state index in [4.69, 9.17) is 0 Å². The number of sulfonamides is 1. The van der Waals surface area contributed by atoms with E-state index in [-0.39, 0.29) is 0 Å². The van der Waals surface area contributed by atoms with Crippen LogP contribution in [0.1, 0.15) is 13.8 Å². The zero-order chi connectivity index (χ0) is 10.8. The van der Waals surface area contributed by atoms with E-state index < -0.39 is 10.0 Å². The predicted octanol–water partition coefficient (Wildman–Crippen LogP) is 0.220. The summed E-state index contributed by atoms with van der Waals surface area (Å²) in [6, 6.07) is 0. The standard InChI is InChI=1S/C9H20N2O2S/c1-9(2)8-10-4-6-11(7-5-10)14(3,12)13/h9H,4-8H2,1-3H3. The second-order valence-corrected chi connectivity index (χ2v) is 6.34. The Morgan fingerprint density at radius 1 is 1.14 bits per heavy atom. The van der Waals surface area contributed by atoms with Gasteiger partial charge in [0, 0.05) is 32.7 Å². The van der Waals surface area contributed by atoms with Crippen LogP contribution in [0.25, 0.3) is 0 Å². The highest BCUT2D eigenvalue weighted by Gasteiger charge is 2.23. The van der Waals surface area contributed by atoms with Crippen LogP contribution in [0.3, 0.4) is 0 Å². The minimum Gasteiger partial charge on any atom is -0.300 e. The molecule has 0 aromatic rings. The maximum absolute atomic E-state index is 11.2. The van der Waals surface area contributed by atoms with E-state index in [1.54, 1.807) is 4.31 Å². The summed E-state index contributed by atoms with van der Waals surface area (Å²) in [6.45, 7) is 8.46. The number of piperazine rings is 1. The molecule has 1 fully saturated rings. The zero-order valence-electron chi connectivity index (χ0n) is 9.23. The quantitative estimate of drug-likeness (QED) is 0.683. The van der Waals surface area contributed by atoms with Crippen LogP contribution in [0, 0.1) is 5.92 Å². The molecule has 0 aromatic carbocycles. The summed E-state index contributed by atoms with van der Waals surface area (Å²) < 4.78 is 24.0. The van der Waals surface area contributed by atoms with Gasteiger partial charge in [-0.2, -0.15) is 4.31 Å². The van der Waals surface area contributed by atoms with Crippen molar-refractivity contribution in [2.75, 3.05) is 39.0 Å². The fourth-order valence-electron chi connectivity index (χ4n) is 1.76. The van der Waals surface area contributed by atoms with Gasteiger partial charge < -0.3 is 4.90 Å². The molecule has 14 heavy (non-hydrogen) atoms. The van der Waals surface area contributed by atoms with Crippen LogP contribution >= 0.6 is 0 Å². The van der Waals surface area contributed by atoms with Crippen molar-refractivity contribution in [2.24, 2.45) is 5.92 Å². The fourth-order valence-corrected chi connectivity index (χ4v) is 2.59. The van der Waals surface area contributed by atoms with Crippen LogP contribution in [0.5, 0.6) is 0 Å². The Kier molecular flexibility index (Phi) is 3.92. The van der Waals surface area contributed by atoms with E-state index >= 15 is 0 Å². The predicted molar refractivity (Wildman–Crippen MR) is 57.7 cm³/mol. The Morgan fingerprint density at radius 2 is 1.64 bits per heavy atom. The highest BCUT2D eigenvalue weighted by atomic mass is 32.2. The molecule has 0 atom stereocenters. The van der Waals surface area contributed by atoms with Crippen molar-refractivity contribution in [3.8, 4) is 0 Å². The molecule has 0 spiro atoms. The minimum atomic E-state index is -2.97. The zero-order valence-corrected chi connectivity index (χ0v) is 10.0. The molecule has 84 valence electrons. The number of hydrogen-bond donors (Lipinski definition) is 0. The van der Waals surface area contributed by atoms with E-state index in [0.717, 1.165) is 19.6 Å². The lowest BCUT2D eigenvalue weighted by Gasteiger charge is -2.34. The molecule has 0 bridgehead atoms. The van der Waals surface area contributed by atoms with Crippen LogP contribution < -0.4 is 0 Å². The van der Waals surface area contributed by atoms with Gasteiger partial charge >= 0.3 is 0 Å². The number of hydrogen-bond acceptors (Lipinski definition) is 3. The third-order valence-corrected chi connectivity index (χ3v) is 3.73. The van der Waals surface area contributed by atoms with E-state index in [1.807, 2.05) is 0 Å². The monoisotopic (exact) mass is 220 g/mol. The Balaban J connectivity index is 2.39. The summed E-state index contributed by atoms with van der Waals surface area (Å²) >= 11 is 0.